The lowest BCUT2D eigenvalue weighted by atomic mass is 9.92. The molecule has 2 heterocycles. The zero-order chi connectivity index (χ0) is 19.4. The highest BCUT2D eigenvalue weighted by molar-refractivity contribution is 9.10. The molecule has 3 rings (SSSR count). The van der Waals surface area contributed by atoms with Gasteiger partial charge in [0.25, 0.3) is 0 Å². The van der Waals surface area contributed by atoms with Gasteiger partial charge in [-0.05, 0) is 40.4 Å². The van der Waals surface area contributed by atoms with E-state index in [4.69, 9.17) is 0 Å². The average molecular weight is 473 g/mol. The van der Waals surface area contributed by atoms with Crippen LogP contribution in [0.1, 0.15) is 57.2 Å². The Bertz CT molecular complexity index is 899. The van der Waals surface area contributed by atoms with Gasteiger partial charge in [0, 0.05) is 9.75 Å². The molecule has 0 radical (unpaired) electrons. The first-order valence-electron chi connectivity index (χ1n) is 9.44. The molecule has 0 fully saturated rings. The van der Waals surface area contributed by atoms with Gasteiger partial charge in [-0.25, -0.2) is 8.78 Å². The van der Waals surface area contributed by atoms with Crippen molar-refractivity contribution in [3.8, 4) is 10.4 Å². The van der Waals surface area contributed by atoms with Gasteiger partial charge >= 0.3 is 0 Å². The SMILES string of the molecule is CCCCC(CCCC)Cc1ccc(-c2c(F)c(F)c(Br)c3nsnc23)s1. The van der Waals surface area contributed by atoms with Gasteiger partial charge in [0.15, 0.2) is 11.6 Å². The molecule has 0 aliphatic heterocycles. The minimum Gasteiger partial charge on any atom is -0.203 e. The number of benzene rings is 1. The summed E-state index contributed by atoms with van der Waals surface area (Å²) in [6, 6.07) is 3.94. The van der Waals surface area contributed by atoms with Crippen molar-refractivity contribution in [1.29, 1.82) is 0 Å². The summed E-state index contributed by atoms with van der Waals surface area (Å²) in [6.45, 7) is 4.44. The summed E-state index contributed by atoms with van der Waals surface area (Å²) in [6.07, 6.45) is 8.35. The maximum atomic E-state index is 14.7. The van der Waals surface area contributed by atoms with Crippen LogP contribution in [-0.4, -0.2) is 8.75 Å². The molecule has 3 aromatic rings. The highest BCUT2D eigenvalue weighted by atomic mass is 79.9. The largest absolute Gasteiger partial charge is 0.203 e. The summed E-state index contributed by atoms with van der Waals surface area (Å²) in [5, 5.41) is 0. The van der Waals surface area contributed by atoms with E-state index in [0.717, 1.165) is 23.0 Å². The van der Waals surface area contributed by atoms with Gasteiger partial charge in [-0.3, -0.25) is 0 Å². The number of hydrogen-bond donors (Lipinski definition) is 0. The Morgan fingerprint density at radius 1 is 1.00 bits per heavy atom. The third-order valence-corrected chi connectivity index (χ3v) is 7.25. The van der Waals surface area contributed by atoms with Crippen LogP contribution in [0.5, 0.6) is 0 Å². The van der Waals surface area contributed by atoms with Crippen molar-refractivity contribution in [1.82, 2.24) is 8.75 Å². The maximum Gasteiger partial charge on any atom is 0.176 e. The Morgan fingerprint density at radius 2 is 1.67 bits per heavy atom. The minimum atomic E-state index is -0.899. The third kappa shape index (κ3) is 4.57. The zero-order valence-corrected chi connectivity index (χ0v) is 18.7. The van der Waals surface area contributed by atoms with Crippen molar-refractivity contribution in [2.75, 3.05) is 0 Å². The molecule has 2 nitrogen and oxygen atoms in total. The number of unbranched alkanes of at least 4 members (excludes halogenated alkanes) is 2. The fourth-order valence-electron chi connectivity index (χ4n) is 3.38. The van der Waals surface area contributed by atoms with Crippen molar-refractivity contribution >= 4 is 50.0 Å². The molecule has 0 atom stereocenters. The van der Waals surface area contributed by atoms with Crippen LogP contribution < -0.4 is 0 Å². The van der Waals surface area contributed by atoms with Crippen LogP contribution in [-0.2, 0) is 6.42 Å². The molecule has 0 saturated heterocycles. The second-order valence-electron chi connectivity index (χ2n) is 6.90. The summed E-state index contributed by atoms with van der Waals surface area (Å²) in [5.74, 6) is -1.10. The lowest BCUT2D eigenvalue weighted by Gasteiger charge is -2.15. The molecule has 146 valence electrons. The molecule has 2 aromatic heterocycles. The van der Waals surface area contributed by atoms with Crippen LogP contribution in [0.4, 0.5) is 8.78 Å². The van der Waals surface area contributed by atoms with Crippen molar-refractivity contribution < 1.29 is 8.78 Å². The van der Waals surface area contributed by atoms with E-state index in [1.807, 2.05) is 6.07 Å². The van der Waals surface area contributed by atoms with Gasteiger partial charge in [0.2, 0.25) is 0 Å². The van der Waals surface area contributed by atoms with Crippen molar-refractivity contribution in [2.45, 2.75) is 58.8 Å². The molecule has 0 aliphatic carbocycles. The second kappa shape index (κ2) is 9.52. The van der Waals surface area contributed by atoms with Crippen molar-refractivity contribution in [2.24, 2.45) is 5.92 Å². The van der Waals surface area contributed by atoms with Crippen molar-refractivity contribution in [3.05, 3.63) is 33.1 Å². The van der Waals surface area contributed by atoms with Crippen LogP contribution in [0.25, 0.3) is 21.5 Å². The smallest absolute Gasteiger partial charge is 0.176 e. The number of nitrogens with zero attached hydrogens (tertiary/aromatic N) is 2. The Morgan fingerprint density at radius 3 is 2.33 bits per heavy atom. The van der Waals surface area contributed by atoms with E-state index in [2.05, 4.69) is 44.6 Å². The number of fused-ring (bicyclic) bond motifs is 1. The fourth-order valence-corrected chi connectivity index (χ4v) is 5.67. The lowest BCUT2D eigenvalue weighted by molar-refractivity contribution is 0.419. The molecule has 7 heteroatoms. The standard InChI is InChI=1S/C20H23BrF2N2S2/c1-3-5-7-12(8-6-4-2)11-13-9-10-14(26-13)15-17(22)18(23)16(21)20-19(15)24-27-25-20/h9-10,12H,3-8,11H2,1-2H3. The molecule has 0 saturated carbocycles. The second-order valence-corrected chi connectivity index (χ2v) is 9.39. The van der Waals surface area contributed by atoms with Crippen LogP contribution in [0.2, 0.25) is 0 Å². The number of thiophene rings is 1. The fraction of sp³-hybridized carbons (Fsp3) is 0.500. The minimum absolute atomic E-state index is 0.0449. The van der Waals surface area contributed by atoms with Crippen LogP contribution in [0, 0.1) is 17.6 Å². The van der Waals surface area contributed by atoms with Gasteiger partial charge in [-0.1, -0.05) is 52.4 Å². The molecule has 0 amide bonds. The Kier molecular flexibility index (Phi) is 7.34. The summed E-state index contributed by atoms with van der Waals surface area (Å²) in [4.78, 5) is 1.94. The van der Waals surface area contributed by atoms with Crippen LogP contribution in [0.15, 0.2) is 16.6 Å². The molecule has 0 unspecified atom stereocenters. The molecular weight excluding hydrogens is 450 g/mol. The Balaban J connectivity index is 1.89. The van der Waals surface area contributed by atoms with E-state index >= 15 is 0 Å². The van der Waals surface area contributed by atoms with Gasteiger partial charge in [-0.2, -0.15) is 8.75 Å². The summed E-state index contributed by atoms with van der Waals surface area (Å²) < 4.78 is 37.4. The van der Waals surface area contributed by atoms with Gasteiger partial charge in [0.05, 0.1) is 21.8 Å². The van der Waals surface area contributed by atoms with Gasteiger partial charge in [0.1, 0.15) is 11.0 Å². The predicted molar refractivity (Wildman–Crippen MR) is 115 cm³/mol. The van der Waals surface area contributed by atoms with E-state index in [1.54, 1.807) is 11.3 Å². The van der Waals surface area contributed by atoms with E-state index in [1.165, 1.54) is 43.4 Å². The number of rotatable bonds is 9. The summed E-state index contributed by atoms with van der Waals surface area (Å²) >= 11 is 5.61. The zero-order valence-electron chi connectivity index (χ0n) is 15.5. The summed E-state index contributed by atoms with van der Waals surface area (Å²) in [7, 11) is 0. The molecule has 0 aliphatic rings. The highest BCUT2D eigenvalue weighted by Crippen LogP contribution is 2.40. The third-order valence-electron chi connectivity index (χ3n) is 4.87. The molecular formula is C20H23BrF2N2S2. The molecule has 27 heavy (non-hydrogen) atoms. The number of halogens is 3. The predicted octanol–water partition coefficient (Wildman–Crippen LogP) is 8.00. The first-order valence-corrected chi connectivity index (χ1v) is 11.8. The maximum absolute atomic E-state index is 14.7. The van der Waals surface area contributed by atoms with Gasteiger partial charge < -0.3 is 0 Å². The quantitative estimate of drug-likeness (QED) is 0.294. The van der Waals surface area contributed by atoms with E-state index in [9.17, 15) is 8.78 Å². The van der Waals surface area contributed by atoms with E-state index < -0.39 is 11.6 Å². The van der Waals surface area contributed by atoms with E-state index in [-0.39, 0.29) is 10.0 Å². The monoisotopic (exact) mass is 472 g/mol. The molecule has 0 N–H and O–H groups in total. The topological polar surface area (TPSA) is 25.8 Å². The first-order chi connectivity index (χ1) is 13.1. The first kappa shape index (κ1) is 20.8. The average Bonchev–Trinajstić information content (AvgIpc) is 3.32. The Hall–Kier alpha value is -0.920. The number of hydrogen-bond acceptors (Lipinski definition) is 4. The normalized spacial score (nSPS) is 11.8. The van der Waals surface area contributed by atoms with Crippen LogP contribution >= 0.6 is 39.0 Å². The molecule has 0 bridgehead atoms. The summed E-state index contributed by atoms with van der Waals surface area (Å²) in [5.41, 5.74) is 1.04. The van der Waals surface area contributed by atoms with Crippen LogP contribution in [0.3, 0.4) is 0 Å². The molecule has 0 spiro atoms. The van der Waals surface area contributed by atoms with Crippen molar-refractivity contribution in [3.63, 3.8) is 0 Å². The lowest BCUT2D eigenvalue weighted by Crippen LogP contribution is -2.03. The van der Waals surface area contributed by atoms with E-state index in [0.29, 0.717) is 17.0 Å². The molecule has 1 aromatic carbocycles. The van der Waals surface area contributed by atoms with Gasteiger partial charge in [-0.15, -0.1) is 11.3 Å². The Labute approximate surface area is 175 Å². The number of aromatic nitrogens is 2. The highest BCUT2D eigenvalue weighted by Gasteiger charge is 2.24.